The molecule has 0 aliphatic carbocycles. The molecule has 0 unspecified atom stereocenters. The lowest BCUT2D eigenvalue weighted by Crippen LogP contribution is -2.46. The van der Waals surface area contributed by atoms with E-state index in [1.807, 2.05) is 19.9 Å². The maximum Gasteiger partial charge on any atom is 0.271 e. The number of nitriles is 2. The molecule has 1 N–H and O–H groups in total. The van der Waals surface area contributed by atoms with Gasteiger partial charge in [0.25, 0.3) is 5.91 Å². The highest BCUT2D eigenvalue weighted by Crippen LogP contribution is 2.14. The fourth-order valence-corrected chi connectivity index (χ4v) is 1.49. The standard InChI is InChI=1S/C13H14N4O/c1-3-13(4-2,9-15)17-12(18)11-6-5-10(7-14)8-16-11/h5-6,8H,3-4H2,1-2H3,(H,17,18). The summed E-state index contributed by atoms with van der Waals surface area (Å²) in [6.45, 7) is 3.69. The van der Waals surface area contributed by atoms with Gasteiger partial charge in [-0.15, -0.1) is 0 Å². The molecule has 5 heteroatoms. The average Bonchev–Trinajstić information content (AvgIpc) is 2.45. The lowest BCUT2D eigenvalue weighted by molar-refractivity contribution is 0.0910. The second-order valence-corrected chi connectivity index (χ2v) is 3.90. The van der Waals surface area contributed by atoms with Crippen molar-refractivity contribution in [3.05, 3.63) is 29.6 Å². The van der Waals surface area contributed by atoms with Crippen molar-refractivity contribution >= 4 is 5.91 Å². The molecule has 0 atom stereocenters. The van der Waals surface area contributed by atoms with Crippen molar-refractivity contribution in [2.75, 3.05) is 0 Å². The molecule has 1 aromatic heterocycles. The molecule has 0 saturated carbocycles. The third-order valence-corrected chi connectivity index (χ3v) is 2.90. The predicted molar refractivity (Wildman–Crippen MR) is 65.3 cm³/mol. The Morgan fingerprint density at radius 1 is 1.39 bits per heavy atom. The molecule has 1 amide bonds. The van der Waals surface area contributed by atoms with E-state index in [0.717, 1.165) is 0 Å². The van der Waals surface area contributed by atoms with Crippen LogP contribution in [0.15, 0.2) is 18.3 Å². The van der Waals surface area contributed by atoms with E-state index in [2.05, 4.69) is 16.4 Å². The van der Waals surface area contributed by atoms with Crippen LogP contribution >= 0.6 is 0 Å². The first-order valence-corrected chi connectivity index (χ1v) is 5.70. The van der Waals surface area contributed by atoms with E-state index >= 15 is 0 Å². The molecular weight excluding hydrogens is 228 g/mol. The Kier molecular flexibility index (Phi) is 4.39. The summed E-state index contributed by atoms with van der Waals surface area (Å²) in [6.07, 6.45) is 2.39. The predicted octanol–water partition coefficient (Wildman–Crippen LogP) is 1.77. The van der Waals surface area contributed by atoms with Crippen LogP contribution in [0.25, 0.3) is 0 Å². The minimum atomic E-state index is -0.855. The fraction of sp³-hybridized carbons (Fsp3) is 0.385. The van der Waals surface area contributed by atoms with Crippen LogP contribution in [-0.2, 0) is 0 Å². The Bertz CT molecular complexity index is 503. The zero-order valence-electron chi connectivity index (χ0n) is 10.4. The van der Waals surface area contributed by atoms with Crippen LogP contribution in [0.5, 0.6) is 0 Å². The Labute approximate surface area is 106 Å². The fourth-order valence-electron chi connectivity index (χ4n) is 1.49. The average molecular weight is 242 g/mol. The van der Waals surface area contributed by atoms with E-state index in [1.54, 1.807) is 0 Å². The van der Waals surface area contributed by atoms with Crippen molar-refractivity contribution in [1.82, 2.24) is 10.3 Å². The largest absolute Gasteiger partial charge is 0.332 e. The maximum atomic E-state index is 11.9. The number of nitrogens with one attached hydrogen (secondary N) is 1. The third-order valence-electron chi connectivity index (χ3n) is 2.90. The van der Waals surface area contributed by atoms with Crippen LogP contribution in [0.4, 0.5) is 0 Å². The highest BCUT2D eigenvalue weighted by atomic mass is 16.2. The van der Waals surface area contributed by atoms with Crippen LogP contribution in [0, 0.1) is 22.7 Å². The van der Waals surface area contributed by atoms with Gasteiger partial charge in [0.2, 0.25) is 0 Å². The number of amides is 1. The van der Waals surface area contributed by atoms with Crippen molar-refractivity contribution in [1.29, 1.82) is 10.5 Å². The normalized spacial score (nSPS) is 10.2. The van der Waals surface area contributed by atoms with Crippen LogP contribution in [0.3, 0.4) is 0 Å². The Morgan fingerprint density at radius 3 is 2.44 bits per heavy atom. The summed E-state index contributed by atoms with van der Waals surface area (Å²) >= 11 is 0. The lowest BCUT2D eigenvalue weighted by Gasteiger charge is -2.24. The van der Waals surface area contributed by atoms with E-state index in [0.29, 0.717) is 18.4 Å². The van der Waals surface area contributed by atoms with Crippen LogP contribution in [-0.4, -0.2) is 16.4 Å². The van der Waals surface area contributed by atoms with Gasteiger partial charge in [0.15, 0.2) is 0 Å². The van der Waals surface area contributed by atoms with E-state index in [1.165, 1.54) is 18.3 Å². The summed E-state index contributed by atoms with van der Waals surface area (Å²) in [4.78, 5) is 15.8. The zero-order chi connectivity index (χ0) is 13.6. The van der Waals surface area contributed by atoms with Gasteiger partial charge in [-0.25, -0.2) is 4.98 Å². The molecule has 1 rings (SSSR count). The molecule has 0 aliphatic heterocycles. The Morgan fingerprint density at radius 2 is 2.06 bits per heavy atom. The molecule has 92 valence electrons. The monoisotopic (exact) mass is 242 g/mol. The molecule has 0 radical (unpaired) electrons. The number of carbonyl (C=O) groups excluding carboxylic acids is 1. The molecule has 0 aliphatic rings. The number of aromatic nitrogens is 1. The van der Waals surface area contributed by atoms with Gasteiger partial charge in [0.05, 0.1) is 11.6 Å². The van der Waals surface area contributed by atoms with Gasteiger partial charge in [-0.1, -0.05) is 13.8 Å². The molecule has 0 fully saturated rings. The van der Waals surface area contributed by atoms with Gasteiger partial charge in [0.1, 0.15) is 17.3 Å². The van der Waals surface area contributed by atoms with Crippen molar-refractivity contribution < 1.29 is 4.79 Å². The van der Waals surface area contributed by atoms with Gasteiger partial charge >= 0.3 is 0 Å². The number of pyridine rings is 1. The van der Waals surface area contributed by atoms with E-state index < -0.39 is 11.4 Å². The second kappa shape index (κ2) is 5.79. The molecule has 0 spiro atoms. The van der Waals surface area contributed by atoms with Crippen molar-refractivity contribution in [2.45, 2.75) is 32.2 Å². The molecule has 0 aromatic carbocycles. The number of carbonyl (C=O) groups is 1. The first kappa shape index (κ1) is 13.7. The smallest absolute Gasteiger partial charge is 0.271 e. The third kappa shape index (κ3) is 2.83. The van der Waals surface area contributed by atoms with Gasteiger partial charge in [-0.3, -0.25) is 4.79 Å². The zero-order valence-corrected chi connectivity index (χ0v) is 10.4. The quantitative estimate of drug-likeness (QED) is 0.871. The van der Waals surface area contributed by atoms with Gasteiger partial charge < -0.3 is 5.32 Å². The summed E-state index contributed by atoms with van der Waals surface area (Å²) in [5.74, 6) is -0.398. The molecule has 1 aromatic rings. The number of nitrogens with zero attached hydrogens (tertiary/aromatic N) is 3. The van der Waals surface area contributed by atoms with Crippen LogP contribution < -0.4 is 5.32 Å². The van der Waals surface area contributed by atoms with Crippen LogP contribution in [0.2, 0.25) is 0 Å². The summed E-state index contributed by atoms with van der Waals surface area (Å²) in [5, 5.41) is 20.4. The van der Waals surface area contributed by atoms with E-state index in [9.17, 15) is 4.79 Å². The minimum Gasteiger partial charge on any atom is -0.332 e. The highest BCUT2D eigenvalue weighted by molar-refractivity contribution is 5.93. The molecule has 5 nitrogen and oxygen atoms in total. The van der Waals surface area contributed by atoms with Gasteiger partial charge in [-0.05, 0) is 25.0 Å². The van der Waals surface area contributed by atoms with Crippen molar-refractivity contribution in [3.63, 3.8) is 0 Å². The van der Waals surface area contributed by atoms with Gasteiger partial charge in [-0.2, -0.15) is 10.5 Å². The number of hydrogen-bond donors (Lipinski definition) is 1. The molecule has 0 saturated heterocycles. The summed E-state index contributed by atoms with van der Waals surface area (Å²) in [7, 11) is 0. The van der Waals surface area contributed by atoms with E-state index in [-0.39, 0.29) is 5.69 Å². The molecule has 18 heavy (non-hydrogen) atoms. The Hall–Kier alpha value is -2.40. The second-order valence-electron chi connectivity index (χ2n) is 3.90. The summed E-state index contributed by atoms with van der Waals surface area (Å²) in [6, 6.07) is 7.05. The summed E-state index contributed by atoms with van der Waals surface area (Å²) in [5.41, 5.74) is -0.258. The van der Waals surface area contributed by atoms with Crippen LogP contribution in [0.1, 0.15) is 42.7 Å². The first-order valence-electron chi connectivity index (χ1n) is 5.70. The topological polar surface area (TPSA) is 89.6 Å². The van der Waals surface area contributed by atoms with E-state index in [4.69, 9.17) is 10.5 Å². The summed E-state index contributed by atoms with van der Waals surface area (Å²) < 4.78 is 0. The molecule has 0 bridgehead atoms. The highest BCUT2D eigenvalue weighted by Gasteiger charge is 2.28. The minimum absolute atomic E-state index is 0.204. The SMILES string of the molecule is CCC(C#N)(CC)NC(=O)c1ccc(C#N)cn1. The van der Waals surface area contributed by atoms with Crippen molar-refractivity contribution in [2.24, 2.45) is 0 Å². The molecule has 1 heterocycles. The molecular formula is C13H14N4O. The Balaban J connectivity index is 2.88. The van der Waals surface area contributed by atoms with Crippen molar-refractivity contribution in [3.8, 4) is 12.1 Å². The number of hydrogen-bond acceptors (Lipinski definition) is 4. The number of rotatable bonds is 4. The lowest BCUT2D eigenvalue weighted by atomic mass is 9.94. The van der Waals surface area contributed by atoms with Gasteiger partial charge in [0, 0.05) is 6.20 Å². The first-order chi connectivity index (χ1) is 8.60. The maximum absolute atomic E-state index is 11.9.